The lowest BCUT2D eigenvalue weighted by Crippen LogP contribution is -2.47. The molecule has 0 spiro atoms. The van der Waals surface area contributed by atoms with Crippen molar-refractivity contribution in [1.82, 2.24) is 9.88 Å². The predicted molar refractivity (Wildman–Crippen MR) is 75.8 cm³/mol. The molecule has 20 heavy (non-hydrogen) atoms. The van der Waals surface area contributed by atoms with Crippen LogP contribution in [0.5, 0.6) is 0 Å². The van der Waals surface area contributed by atoms with Crippen LogP contribution in [0.1, 0.15) is 0 Å². The third-order valence-corrected chi connectivity index (χ3v) is 3.93. The molecule has 0 unspecified atom stereocenters. The van der Waals surface area contributed by atoms with Gasteiger partial charge in [-0.25, -0.2) is 0 Å². The molecule has 0 aliphatic carbocycles. The summed E-state index contributed by atoms with van der Waals surface area (Å²) in [5, 5.41) is 0. The molecule has 2 rings (SSSR count). The van der Waals surface area contributed by atoms with E-state index in [1.165, 1.54) is 0 Å². The summed E-state index contributed by atoms with van der Waals surface area (Å²) in [4.78, 5) is 8.14. The third-order valence-electron chi connectivity index (χ3n) is 3.21. The van der Waals surface area contributed by atoms with Gasteiger partial charge in [0.15, 0.2) is 0 Å². The minimum absolute atomic E-state index is 0.0433. The van der Waals surface area contributed by atoms with Gasteiger partial charge >= 0.3 is 5.51 Å². The molecule has 0 amide bonds. The second-order valence-corrected chi connectivity index (χ2v) is 5.72. The Bertz CT molecular complexity index is 433. The Balaban J connectivity index is 1.77. The van der Waals surface area contributed by atoms with Crippen molar-refractivity contribution in [3.05, 3.63) is 18.5 Å². The number of halogens is 3. The molecule has 4 nitrogen and oxygen atoms in total. The molecule has 112 valence electrons. The average molecular weight is 306 g/mol. The van der Waals surface area contributed by atoms with Crippen LogP contribution < -0.4 is 10.6 Å². The lowest BCUT2D eigenvalue weighted by Gasteiger charge is -2.36. The van der Waals surface area contributed by atoms with Crippen LogP contribution >= 0.6 is 11.8 Å². The molecule has 1 fully saturated rings. The highest BCUT2D eigenvalue weighted by Crippen LogP contribution is 2.30. The zero-order valence-corrected chi connectivity index (χ0v) is 11.8. The molecule has 2 N–H and O–H groups in total. The van der Waals surface area contributed by atoms with E-state index >= 15 is 0 Å². The Kier molecular flexibility index (Phi) is 4.98. The maximum atomic E-state index is 12.1. The fraction of sp³-hybridized carbons (Fsp3) is 0.583. The highest BCUT2D eigenvalue weighted by Gasteiger charge is 2.28. The number of nitrogens with zero attached hydrogens (tertiary/aromatic N) is 3. The molecule has 0 bridgehead atoms. The Labute approximate surface area is 120 Å². The van der Waals surface area contributed by atoms with E-state index in [4.69, 9.17) is 5.73 Å². The summed E-state index contributed by atoms with van der Waals surface area (Å²) >= 11 is 0.0433. The van der Waals surface area contributed by atoms with Gasteiger partial charge in [0.1, 0.15) is 0 Å². The van der Waals surface area contributed by atoms with Gasteiger partial charge in [-0.3, -0.25) is 9.88 Å². The molecule has 0 radical (unpaired) electrons. The second kappa shape index (κ2) is 6.53. The van der Waals surface area contributed by atoms with Crippen molar-refractivity contribution in [2.75, 3.05) is 49.1 Å². The quantitative estimate of drug-likeness (QED) is 0.922. The Hall–Kier alpha value is -1.15. The van der Waals surface area contributed by atoms with Crippen LogP contribution in [-0.2, 0) is 0 Å². The summed E-state index contributed by atoms with van der Waals surface area (Å²) in [6.07, 6.45) is 3.31. The van der Waals surface area contributed by atoms with Gasteiger partial charge in [0.05, 0.1) is 17.6 Å². The number of alkyl halides is 3. The van der Waals surface area contributed by atoms with Crippen molar-refractivity contribution < 1.29 is 13.2 Å². The Morgan fingerprint density at radius 3 is 2.55 bits per heavy atom. The number of anilines is 2. The fourth-order valence-corrected chi connectivity index (χ4v) is 2.77. The maximum Gasteiger partial charge on any atom is 0.441 e. The molecule has 1 aromatic rings. The van der Waals surface area contributed by atoms with Gasteiger partial charge in [0.25, 0.3) is 0 Å². The Morgan fingerprint density at radius 1 is 1.25 bits per heavy atom. The highest BCUT2D eigenvalue weighted by molar-refractivity contribution is 8.00. The molecule has 1 saturated heterocycles. The third kappa shape index (κ3) is 4.45. The first kappa shape index (κ1) is 15.2. The fourth-order valence-electron chi connectivity index (χ4n) is 2.19. The molecular weight excluding hydrogens is 289 g/mol. The number of piperazine rings is 1. The zero-order chi connectivity index (χ0) is 14.6. The molecule has 1 aliphatic rings. The Morgan fingerprint density at radius 2 is 1.95 bits per heavy atom. The molecule has 2 heterocycles. The van der Waals surface area contributed by atoms with Gasteiger partial charge in [-0.1, -0.05) is 0 Å². The van der Waals surface area contributed by atoms with Crippen molar-refractivity contribution >= 4 is 23.1 Å². The van der Waals surface area contributed by atoms with Crippen molar-refractivity contribution in [3.63, 3.8) is 0 Å². The maximum absolute atomic E-state index is 12.1. The van der Waals surface area contributed by atoms with Gasteiger partial charge in [-0.05, 0) is 17.8 Å². The molecule has 0 atom stereocenters. The van der Waals surface area contributed by atoms with E-state index in [0.717, 1.165) is 31.9 Å². The summed E-state index contributed by atoms with van der Waals surface area (Å²) in [5.41, 5.74) is 3.32. The van der Waals surface area contributed by atoms with E-state index < -0.39 is 5.51 Å². The van der Waals surface area contributed by atoms with E-state index in [1.54, 1.807) is 12.4 Å². The van der Waals surface area contributed by atoms with E-state index in [1.807, 2.05) is 11.0 Å². The molecule has 8 heteroatoms. The van der Waals surface area contributed by atoms with Crippen molar-refractivity contribution in [1.29, 1.82) is 0 Å². The van der Waals surface area contributed by atoms with Gasteiger partial charge in [0, 0.05) is 44.7 Å². The number of rotatable bonds is 4. The minimum atomic E-state index is -4.13. The van der Waals surface area contributed by atoms with Gasteiger partial charge < -0.3 is 10.6 Å². The van der Waals surface area contributed by atoms with Gasteiger partial charge in [-0.2, -0.15) is 13.2 Å². The molecule has 1 aromatic heterocycles. The number of hydrogen-bond acceptors (Lipinski definition) is 5. The molecule has 0 saturated carbocycles. The van der Waals surface area contributed by atoms with Crippen LogP contribution in [0.25, 0.3) is 0 Å². The highest BCUT2D eigenvalue weighted by atomic mass is 32.2. The first-order chi connectivity index (χ1) is 9.46. The standard InChI is InChI=1S/C12H17F3N4S/c13-12(14,15)20-8-7-18-3-5-19(6-4-18)11-1-2-17-9-10(11)16/h1-2,9H,3-8,16H2. The molecular formula is C12H17F3N4S. The number of nitrogen functional groups attached to an aromatic ring is 1. The minimum Gasteiger partial charge on any atom is -0.396 e. The first-order valence-electron chi connectivity index (χ1n) is 6.33. The second-order valence-electron chi connectivity index (χ2n) is 4.56. The van der Waals surface area contributed by atoms with E-state index in [-0.39, 0.29) is 17.5 Å². The smallest absolute Gasteiger partial charge is 0.396 e. The van der Waals surface area contributed by atoms with Crippen molar-refractivity contribution in [3.8, 4) is 0 Å². The molecule has 1 aliphatic heterocycles. The van der Waals surface area contributed by atoms with Crippen LogP contribution in [0.15, 0.2) is 18.5 Å². The van der Waals surface area contributed by atoms with Crippen LogP contribution in [0.3, 0.4) is 0 Å². The lowest BCUT2D eigenvalue weighted by molar-refractivity contribution is -0.0328. The number of thioether (sulfide) groups is 1. The molecule has 0 aromatic carbocycles. The zero-order valence-electron chi connectivity index (χ0n) is 10.9. The average Bonchev–Trinajstić information content (AvgIpc) is 2.39. The van der Waals surface area contributed by atoms with Crippen LogP contribution in [0, 0.1) is 0 Å². The van der Waals surface area contributed by atoms with Crippen molar-refractivity contribution in [2.45, 2.75) is 5.51 Å². The van der Waals surface area contributed by atoms with Crippen LogP contribution in [-0.4, -0.2) is 53.9 Å². The van der Waals surface area contributed by atoms with Gasteiger partial charge in [-0.15, -0.1) is 0 Å². The van der Waals surface area contributed by atoms with Gasteiger partial charge in [0.2, 0.25) is 0 Å². The number of pyridine rings is 1. The normalized spacial score (nSPS) is 17.4. The summed E-state index contributed by atoms with van der Waals surface area (Å²) in [6, 6.07) is 1.87. The number of nitrogens with two attached hydrogens (primary N) is 1. The largest absolute Gasteiger partial charge is 0.441 e. The summed E-state index contributed by atoms with van der Waals surface area (Å²) < 4.78 is 36.2. The monoisotopic (exact) mass is 306 g/mol. The first-order valence-corrected chi connectivity index (χ1v) is 7.32. The summed E-state index contributed by atoms with van der Waals surface area (Å²) in [7, 11) is 0. The number of hydrogen-bond donors (Lipinski definition) is 1. The predicted octanol–water partition coefficient (Wildman–Crippen LogP) is 2.04. The SMILES string of the molecule is Nc1cnccc1N1CCN(CCSC(F)(F)F)CC1. The lowest BCUT2D eigenvalue weighted by atomic mass is 10.2. The number of aromatic nitrogens is 1. The van der Waals surface area contributed by atoms with Crippen LogP contribution in [0.4, 0.5) is 24.5 Å². The van der Waals surface area contributed by atoms with E-state index in [2.05, 4.69) is 9.88 Å². The van der Waals surface area contributed by atoms with Crippen molar-refractivity contribution in [2.24, 2.45) is 0 Å². The topological polar surface area (TPSA) is 45.4 Å². The summed E-state index contributed by atoms with van der Waals surface area (Å²) in [5.74, 6) is 0.0842. The van der Waals surface area contributed by atoms with E-state index in [9.17, 15) is 13.2 Å². The van der Waals surface area contributed by atoms with Crippen LogP contribution in [0.2, 0.25) is 0 Å². The summed E-state index contributed by atoms with van der Waals surface area (Å²) in [6.45, 7) is 3.50. The van der Waals surface area contributed by atoms with E-state index in [0.29, 0.717) is 12.2 Å².